The average molecular weight is 278 g/mol. The second-order valence-electron chi connectivity index (χ2n) is 3.36. The monoisotopic (exact) mass is 278 g/mol. The summed E-state index contributed by atoms with van der Waals surface area (Å²) in [4.78, 5) is 0. The van der Waals surface area contributed by atoms with Crippen molar-refractivity contribution < 1.29 is 40.9 Å². The van der Waals surface area contributed by atoms with E-state index in [9.17, 15) is 30.7 Å². The Morgan fingerprint density at radius 2 is 1.22 bits per heavy atom. The van der Waals surface area contributed by atoms with Gasteiger partial charge in [-0.25, -0.2) is 4.39 Å². The maximum Gasteiger partial charge on any atom is 0.436 e. The molecule has 0 amide bonds. The fourth-order valence-corrected chi connectivity index (χ4v) is 1.27. The number of phenolic OH excluding ortho intramolecular Hbond substituents is 2. The van der Waals surface area contributed by atoms with Gasteiger partial charge in [-0.3, -0.25) is 0 Å². The van der Waals surface area contributed by atoms with Gasteiger partial charge in [-0.15, -0.1) is 0 Å². The Morgan fingerprint density at radius 1 is 0.778 bits per heavy atom. The van der Waals surface area contributed by atoms with Gasteiger partial charge in [0.05, 0.1) is 5.56 Å². The number of phenols is 2. The molecule has 0 saturated heterocycles. The SMILES string of the molecule is Oc1ccc(O)c(C(F)(C(F)(F)F)C(F)(F)F)c1. The highest BCUT2D eigenvalue weighted by Gasteiger charge is 2.74. The molecule has 0 atom stereocenters. The third-order valence-corrected chi connectivity index (χ3v) is 2.13. The van der Waals surface area contributed by atoms with E-state index in [-0.39, 0.29) is 6.07 Å². The minimum Gasteiger partial charge on any atom is -0.508 e. The topological polar surface area (TPSA) is 40.5 Å². The van der Waals surface area contributed by atoms with Crippen molar-refractivity contribution in [3.8, 4) is 11.5 Å². The highest BCUT2D eigenvalue weighted by Crippen LogP contribution is 2.55. The normalized spacial score (nSPS) is 13.7. The van der Waals surface area contributed by atoms with E-state index in [1.165, 1.54) is 0 Å². The van der Waals surface area contributed by atoms with Crippen LogP contribution in [0, 0.1) is 0 Å². The van der Waals surface area contributed by atoms with E-state index in [1.54, 1.807) is 0 Å². The Hall–Kier alpha value is -1.67. The summed E-state index contributed by atoms with van der Waals surface area (Å²) in [5.74, 6) is -2.61. The first-order valence-electron chi connectivity index (χ1n) is 4.26. The lowest BCUT2D eigenvalue weighted by Gasteiger charge is -2.30. The number of hydrogen-bond acceptors (Lipinski definition) is 2. The van der Waals surface area contributed by atoms with E-state index in [1.807, 2.05) is 0 Å². The maximum absolute atomic E-state index is 13.5. The summed E-state index contributed by atoms with van der Waals surface area (Å²) in [6, 6.07) is 0.818. The third-order valence-electron chi connectivity index (χ3n) is 2.13. The lowest BCUT2D eigenvalue weighted by atomic mass is 9.93. The van der Waals surface area contributed by atoms with Crippen LogP contribution in [0.5, 0.6) is 11.5 Å². The van der Waals surface area contributed by atoms with Crippen molar-refractivity contribution in [2.75, 3.05) is 0 Å². The van der Waals surface area contributed by atoms with Crippen molar-refractivity contribution >= 4 is 0 Å². The fourth-order valence-electron chi connectivity index (χ4n) is 1.27. The van der Waals surface area contributed by atoms with Gasteiger partial charge in [0.1, 0.15) is 11.5 Å². The summed E-state index contributed by atoms with van der Waals surface area (Å²) in [6.07, 6.45) is -12.7. The van der Waals surface area contributed by atoms with E-state index in [0.717, 1.165) is 0 Å². The van der Waals surface area contributed by atoms with E-state index in [0.29, 0.717) is 12.1 Å². The quantitative estimate of drug-likeness (QED) is 0.610. The molecule has 1 aromatic rings. The summed E-state index contributed by atoms with van der Waals surface area (Å²) in [6.45, 7) is 0. The van der Waals surface area contributed by atoms with Crippen LogP contribution in [0.1, 0.15) is 5.56 Å². The second kappa shape index (κ2) is 3.92. The molecule has 9 heteroatoms. The predicted octanol–water partition coefficient (Wildman–Crippen LogP) is 3.39. The molecule has 0 spiro atoms. The van der Waals surface area contributed by atoms with Gasteiger partial charge in [0.15, 0.2) is 0 Å². The molecule has 0 fully saturated rings. The molecule has 0 saturated carbocycles. The van der Waals surface area contributed by atoms with Gasteiger partial charge in [0, 0.05) is 0 Å². The molecule has 0 unspecified atom stereocenters. The van der Waals surface area contributed by atoms with Crippen LogP contribution in [-0.4, -0.2) is 22.6 Å². The lowest BCUT2D eigenvalue weighted by molar-refractivity contribution is -0.349. The number of aromatic hydroxyl groups is 2. The molecule has 0 bridgehead atoms. The fraction of sp³-hybridized carbons (Fsp3) is 0.333. The molecule has 102 valence electrons. The van der Waals surface area contributed by atoms with Crippen LogP contribution in [0.2, 0.25) is 0 Å². The number of alkyl halides is 7. The van der Waals surface area contributed by atoms with Gasteiger partial charge < -0.3 is 10.2 Å². The molecule has 0 radical (unpaired) electrons. The van der Waals surface area contributed by atoms with Crippen LogP contribution in [0.3, 0.4) is 0 Å². The first-order chi connectivity index (χ1) is 7.91. The minimum absolute atomic E-state index is 0.129. The standard InChI is InChI=1S/C9H5F7O2/c10-7(8(11,12)13,9(14,15)16)5-3-4(17)1-2-6(5)18/h1-3,17-18H. The van der Waals surface area contributed by atoms with Crippen molar-refractivity contribution in [2.45, 2.75) is 18.0 Å². The van der Waals surface area contributed by atoms with Gasteiger partial charge in [-0.1, -0.05) is 0 Å². The Labute approximate surface area is 95.3 Å². The maximum atomic E-state index is 13.5. The smallest absolute Gasteiger partial charge is 0.436 e. The second-order valence-corrected chi connectivity index (χ2v) is 3.36. The van der Waals surface area contributed by atoms with E-state index < -0.39 is 35.1 Å². The van der Waals surface area contributed by atoms with Crippen LogP contribution in [0.15, 0.2) is 18.2 Å². The molecule has 0 heterocycles. The summed E-state index contributed by atoms with van der Waals surface area (Å²) >= 11 is 0. The predicted molar refractivity (Wildman–Crippen MR) is 44.7 cm³/mol. The van der Waals surface area contributed by atoms with E-state index >= 15 is 0 Å². The van der Waals surface area contributed by atoms with Gasteiger partial charge in [0.2, 0.25) is 0 Å². The summed E-state index contributed by atoms with van der Waals surface area (Å²) in [7, 11) is 0. The number of rotatable bonds is 1. The zero-order chi connectivity index (χ0) is 14.4. The highest BCUT2D eigenvalue weighted by molar-refractivity contribution is 5.44. The minimum atomic E-state index is -6.34. The largest absolute Gasteiger partial charge is 0.508 e. The van der Waals surface area contributed by atoms with Crippen LogP contribution in [0.4, 0.5) is 30.7 Å². The van der Waals surface area contributed by atoms with E-state index in [2.05, 4.69) is 0 Å². The highest BCUT2D eigenvalue weighted by atomic mass is 19.4. The van der Waals surface area contributed by atoms with Crippen LogP contribution >= 0.6 is 0 Å². The lowest BCUT2D eigenvalue weighted by Crippen LogP contribution is -2.50. The Balaban J connectivity index is 3.61. The zero-order valence-electron chi connectivity index (χ0n) is 8.27. The van der Waals surface area contributed by atoms with E-state index in [4.69, 9.17) is 10.2 Å². The third kappa shape index (κ3) is 2.04. The average Bonchev–Trinajstić information content (AvgIpc) is 2.17. The molecule has 0 aromatic heterocycles. The molecule has 1 rings (SSSR count). The van der Waals surface area contributed by atoms with Gasteiger partial charge in [0.25, 0.3) is 0 Å². The van der Waals surface area contributed by atoms with Gasteiger partial charge >= 0.3 is 18.0 Å². The molecule has 18 heavy (non-hydrogen) atoms. The number of benzene rings is 1. The van der Waals surface area contributed by atoms with Gasteiger partial charge in [-0.2, -0.15) is 26.3 Å². The van der Waals surface area contributed by atoms with Crippen molar-refractivity contribution in [1.82, 2.24) is 0 Å². The summed E-state index contributed by atoms with van der Waals surface area (Å²) < 4.78 is 87.3. The molecule has 1 aromatic carbocycles. The van der Waals surface area contributed by atoms with Crippen molar-refractivity contribution in [3.63, 3.8) is 0 Å². The van der Waals surface area contributed by atoms with Crippen molar-refractivity contribution in [1.29, 1.82) is 0 Å². The Kier molecular flexibility index (Phi) is 3.14. The molecule has 0 aliphatic heterocycles. The molecule has 2 nitrogen and oxygen atoms in total. The van der Waals surface area contributed by atoms with Crippen LogP contribution in [0.25, 0.3) is 0 Å². The van der Waals surface area contributed by atoms with Crippen LogP contribution in [-0.2, 0) is 5.67 Å². The van der Waals surface area contributed by atoms with Crippen molar-refractivity contribution in [2.24, 2.45) is 0 Å². The Morgan fingerprint density at radius 3 is 1.61 bits per heavy atom. The molecular formula is C9H5F7O2. The van der Waals surface area contributed by atoms with Crippen LogP contribution < -0.4 is 0 Å². The number of halogens is 7. The summed E-state index contributed by atoms with van der Waals surface area (Å²) in [5, 5.41) is 17.8. The molecule has 0 aliphatic rings. The molecule has 0 aliphatic carbocycles. The molecule has 2 N–H and O–H groups in total. The first-order valence-corrected chi connectivity index (χ1v) is 4.26. The van der Waals surface area contributed by atoms with Gasteiger partial charge in [-0.05, 0) is 18.2 Å². The van der Waals surface area contributed by atoms with Crippen molar-refractivity contribution in [3.05, 3.63) is 23.8 Å². The Bertz CT molecular complexity index is 435. The zero-order valence-corrected chi connectivity index (χ0v) is 8.27. The first kappa shape index (κ1) is 14.4. The summed E-state index contributed by atoms with van der Waals surface area (Å²) in [5.41, 5.74) is -7.87. The number of hydrogen-bond donors (Lipinski definition) is 2. The molecular weight excluding hydrogens is 273 g/mol.